The lowest BCUT2D eigenvalue weighted by Crippen LogP contribution is -2.53. The van der Waals surface area contributed by atoms with E-state index in [9.17, 15) is 4.79 Å². The van der Waals surface area contributed by atoms with Crippen LogP contribution in [0.3, 0.4) is 0 Å². The predicted molar refractivity (Wildman–Crippen MR) is 85.2 cm³/mol. The molecule has 1 heterocycles. The molecule has 1 amide bonds. The van der Waals surface area contributed by atoms with E-state index in [-0.39, 0.29) is 11.9 Å². The fourth-order valence-corrected chi connectivity index (χ4v) is 2.52. The molecule has 1 saturated heterocycles. The van der Waals surface area contributed by atoms with Crippen LogP contribution in [0.5, 0.6) is 11.5 Å². The van der Waals surface area contributed by atoms with E-state index >= 15 is 0 Å². The highest BCUT2D eigenvalue weighted by Crippen LogP contribution is 2.17. The van der Waals surface area contributed by atoms with Gasteiger partial charge in [0.2, 0.25) is 5.91 Å². The third-order valence-corrected chi connectivity index (χ3v) is 4.10. The lowest BCUT2D eigenvalue weighted by molar-refractivity contribution is -0.123. The van der Waals surface area contributed by atoms with E-state index in [1.165, 1.54) is 0 Å². The van der Waals surface area contributed by atoms with Gasteiger partial charge in [-0.1, -0.05) is 0 Å². The second-order valence-corrected chi connectivity index (χ2v) is 5.48. The van der Waals surface area contributed by atoms with E-state index in [4.69, 9.17) is 15.2 Å². The average molecular weight is 307 g/mol. The van der Waals surface area contributed by atoms with Gasteiger partial charge in [-0.15, -0.1) is 0 Å². The van der Waals surface area contributed by atoms with Crippen molar-refractivity contribution in [3.63, 3.8) is 0 Å². The molecule has 0 radical (unpaired) electrons. The van der Waals surface area contributed by atoms with E-state index in [0.29, 0.717) is 6.61 Å². The molecule has 6 heteroatoms. The summed E-state index contributed by atoms with van der Waals surface area (Å²) < 4.78 is 10.8. The number of carbonyl (C=O) groups excluding carboxylic acids is 1. The zero-order valence-electron chi connectivity index (χ0n) is 13.3. The Morgan fingerprint density at radius 3 is 2.32 bits per heavy atom. The lowest BCUT2D eigenvalue weighted by atomic mass is 10.2. The van der Waals surface area contributed by atoms with Crippen molar-refractivity contribution in [1.29, 1.82) is 0 Å². The quantitative estimate of drug-likeness (QED) is 0.797. The summed E-state index contributed by atoms with van der Waals surface area (Å²) in [5.74, 6) is 1.42. The maximum Gasteiger partial charge on any atom is 0.234 e. The molecule has 1 aliphatic heterocycles. The largest absolute Gasteiger partial charge is 0.497 e. The molecule has 6 nitrogen and oxygen atoms in total. The smallest absolute Gasteiger partial charge is 0.234 e. The maximum atomic E-state index is 11.2. The molecule has 0 unspecified atom stereocenters. The minimum atomic E-state index is -0.253. The Kier molecular flexibility index (Phi) is 6.03. The van der Waals surface area contributed by atoms with Gasteiger partial charge in [-0.3, -0.25) is 14.6 Å². The first kappa shape index (κ1) is 16.6. The molecule has 1 aliphatic rings. The molecule has 1 atom stereocenters. The molecule has 0 aromatic heterocycles. The topological polar surface area (TPSA) is 68.0 Å². The van der Waals surface area contributed by atoms with Crippen molar-refractivity contribution in [3.05, 3.63) is 24.3 Å². The Hall–Kier alpha value is -1.79. The van der Waals surface area contributed by atoms with Gasteiger partial charge in [0.25, 0.3) is 0 Å². The highest BCUT2D eigenvalue weighted by molar-refractivity contribution is 5.79. The first-order valence-corrected chi connectivity index (χ1v) is 7.62. The number of piperazine rings is 1. The molecular formula is C16H25N3O3. The Bertz CT molecular complexity index is 470. The third-order valence-electron chi connectivity index (χ3n) is 4.10. The monoisotopic (exact) mass is 307 g/mol. The number of hydrogen-bond acceptors (Lipinski definition) is 5. The van der Waals surface area contributed by atoms with E-state index < -0.39 is 0 Å². The molecular weight excluding hydrogens is 282 g/mol. The van der Waals surface area contributed by atoms with Crippen molar-refractivity contribution in [2.45, 2.75) is 13.0 Å². The van der Waals surface area contributed by atoms with Gasteiger partial charge in [0.05, 0.1) is 13.2 Å². The molecule has 1 fully saturated rings. The minimum Gasteiger partial charge on any atom is -0.497 e. The Labute approximate surface area is 131 Å². The van der Waals surface area contributed by atoms with E-state index in [0.717, 1.165) is 44.2 Å². The summed E-state index contributed by atoms with van der Waals surface area (Å²) >= 11 is 0. The number of hydrogen-bond donors (Lipinski definition) is 1. The summed E-state index contributed by atoms with van der Waals surface area (Å²) in [6.45, 7) is 7.00. The number of benzene rings is 1. The molecule has 122 valence electrons. The van der Waals surface area contributed by atoms with Crippen LogP contribution < -0.4 is 15.2 Å². The highest BCUT2D eigenvalue weighted by atomic mass is 16.5. The number of methoxy groups -OCH3 is 1. The van der Waals surface area contributed by atoms with Gasteiger partial charge in [-0.25, -0.2) is 0 Å². The predicted octanol–water partition coefficient (Wildman–Crippen LogP) is 0.565. The SMILES string of the molecule is COc1ccc(OCCN2CCN([C@H](C)C(N)=O)CC2)cc1. The van der Waals surface area contributed by atoms with Crippen LogP contribution in [0.4, 0.5) is 0 Å². The van der Waals surface area contributed by atoms with Crippen molar-refractivity contribution >= 4 is 5.91 Å². The second-order valence-electron chi connectivity index (χ2n) is 5.48. The van der Waals surface area contributed by atoms with E-state index in [1.807, 2.05) is 31.2 Å². The van der Waals surface area contributed by atoms with Gasteiger partial charge in [0, 0.05) is 32.7 Å². The van der Waals surface area contributed by atoms with Crippen molar-refractivity contribution in [2.24, 2.45) is 5.73 Å². The van der Waals surface area contributed by atoms with Crippen LogP contribution in [-0.4, -0.2) is 68.2 Å². The van der Waals surface area contributed by atoms with Gasteiger partial charge >= 0.3 is 0 Å². The van der Waals surface area contributed by atoms with E-state index in [1.54, 1.807) is 7.11 Å². The van der Waals surface area contributed by atoms with Crippen molar-refractivity contribution in [1.82, 2.24) is 9.80 Å². The van der Waals surface area contributed by atoms with Crippen LogP contribution in [-0.2, 0) is 4.79 Å². The summed E-state index contributed by atoms with van der Waals surface area (Å²) in [5, 5.41) is 0. The number of nitrogens with zero attached hydrogens (tertiary/aromatic N) is 2. The van der Waals surface area contributed by atoms with E-state index in [2.05, 4.69) is 9.80 Å². The summed E-state index contributed by atoms with van der Waals surface area (Å²) in [4.78, 5) is 15.7. The molecule has 1 aromatic carbocycles. The maximum absolute atomic E-state index is 11.2. The van der Waals surface area contributed by atoms with Crippen molar-refractivity contribution in [3.8, 4) is 11.5 Å². The third kappa shape index (κ3) is 4.61. The van der Waals surface area contributed by atoms with Crippen LogP contribution >= 0.6 is 0 Å². The Morgan fingerprint density at radius 2 is 1.77 bits per heavy atom. The second kappa shape index (κ2) is 8.00. The number of primary amides is 1. The minimum absolute atomic E-state index is 0.183. The average Bonchev–Trinajstić information content (AvgIpc) is 2.55. The molecule has 0 aliphatic carbocycles. The molecule has 2 N–H and O–H groups in total. The molecule has 1 aromatic rings. The summed E-state index contributed by atoms with van der Waals surface area (Å²) in [5.41, 5.74) is 5.34. The van der Waals surface area contributed by atoms with Crippen molar-refractivity contribution < 1.29 is 14.3 Å². The van der Waals surface area contributed by atoms with Gasteiger partial charge in [0.15, 0.2) is 0 Å². The van der Waals surface area contributed by atoms with Crippen LogP contribution in [0.2, 0.25) is 0 Å². The van der Waals surface area contributed by atoms with Crippen LogP contribution in [0.25, 0.3) is 0 Å². The molecule has 0 spiro atoms. The molecule has 22 heavy (non-hydrogen) atoms. The number of nitrogens with two attached hydrogens (primary N) is 1. The Balaban J connectivity index is 1.67. The van der Waals surface area contributed by atoms with Crippen molar-refractivity contribution in [2.75, 3.05) is 46.4 Å². The molecule has 0 bridgehead atoms. The summed E-state index contributed by atoms with van der Waals surface area (Å²) in [6.07, 6.45) is 0. The zero-order chi connectivity index (χ0) is 15.9. The highest BCUT2D eigenvalue weighted by Gasteiger charge is 2.23. The first-order valence-electron chi connectivity index (χ1n) is 7.62. The number of rotatable bonds is 7. The van der Waals surface area contributed by atoms with Gasteiger partial charge in [-0.05, 0) is 31.2 Å². The fourth-order valence-electron chi connectivity index (χ4n) is 2.52. The normalized spacial score (nSPS) is 17.9. The Morgan fingerprint density at radius 1 is 1.18 bits per heavy atom. The lowest BCUT2D eigenvalue weighted by Gasteiger charge is -2.36. The number of carbonyl (C=O) groups is 1. The first-order chi connectivity index (χ1) is 10.6. The van der Waals surface area contributed by atoms with Gasteiger partial charge < -0.3 is 15.2 Å². The summed E-state index contributed by atoms with van der Waals surface area (Å²) in [6, 6.07) is 7.41. The van der Waals surface area contributed by atoms with Crippen LogP contribution in [0, 0.1) is 0 Å². The van der Waals surface area contributed by atoms with Gasteiger partial charge in [-0.2, -0.15) is 0 Å². The van der Waals surface area contributed by atoms with Gasteiger partial charge in [0.1, 0.15) is 18.1 Å². The molecule has 0 saturated carbocycles. The zero-order valence-corrected chi connectivity index (χ0v) is 13.3. The summed E-state index contributed by atoms with van der Waals surface area (Å²) in [7, 11) is 1.65. The standard InChI is InChI=1S/C16H25N3O3/c1-13(16(17)20)19-9-7-18(8-10-19)11-12-22-15-5-3-14(21-2)4-6-15/h3-6,13H,7-12H2,1-2H3,(H2,17,20)/t13-/m1/s1. The number of amides is 1. The van der Waals surface area contributed by atoms with Crippen LogP contribution in [0.1, 0.15) is 6.92 Å². The molecule has 2 rings (SSSR count). The number of ether oxygens (including phenoxy) is 2. The van der Waals surface area contributed by atoms with Crippen LogP contribution in [0.15, 0.2) is 24.3 Å². The fraction of sp³-hybridized carbons (Fsp3) is 0.562.